The molecule has 6 heteroatoms. The van der Waals surface area contributed by atoms with Crippen molar-refractivity contribution in [2.45, 2.75) is 32.7 Å². The van der Waals surface area contributed by atoms with Gasteiger partial charge in [-0.1, -0.05) is 19.8 Å². The van der Waals surface area contributed by atoms with Gasteiger partial charge in [-0.2, -0.15) is 5.10 Å². The van der Waals surface area contributed by atoms with E-state index in [0.717, 1.165) is 24.9 Å². The van der Waals surface area contributed by atoms with E-state index in [2.05, 4.69) is 22.0 Å². The van der Waals surface area contributed by atoms with E-state index < -0.39 is 5.97 Å². The smallest absolute Gasteiger partial charge is 0.354 e. The molecule has 2 aromatic heterocycles. The minimum absolute atomic E-state index is 0.0104. The largest absolute Gasteiger partial charge is 0.477 e. The van der Waals surface area contributed by atoms with Crippen molar-refractivity contribution in [1.29, 1.82) is 0 Å². The highest BCUT2D eigenvalue weighted by molar-refractivity contribution is 5.85. The lowest BCUT2D eigenvalue weighted by atomic mass is 10.2. The van der Waals surface area contributed by atoms with Crippen LogP contribution in [0.2, 0.25) is 0 Å². The summed E-state index contributed by atoms with van der Waals surface area (Å²) in [4.78, 5) is 18.9. The van der Waals surface area contributed by atoms with Crippen LogP contribution in [0.3, 0.4) is 0 Å². The monoisotopic (exact) mass is 260 g/mol. The molecule has 1 N–H and O–H groups in total. The van der Waals surface area contributed by atoms with Crippen LogP contribution in [0.1, 0.15) is 36.7 Å². The number of carboxylic acid groups (broad SMARTS) is 1. The molecule has 0 bridgehead atoms. The SMILES string of the molecule is CCCCCn1cc(-c2nccc(C(=O)O)n2)cn1. The predicted octanol–water partition coefficient (Wildman–Crippen LogP) is 2.23. The molecular weight excluding hydrogens is 244 g/mol. The highest BCUT2D eigenvalue weighted by atomic mass is 16.4. The highest BCUT2D eigenvalue weighted by Crippen LogP contribution is 2.14. The van der Waals surface area contributed by atoms with Gasteiger partial charge in [-0.3, -0.25) is 4.68 Å². The van der Waals surface area contributed by atoms with Crippen LogP contribution in [0.25, 0.3) is 11.4 Å². The lowest BCUT2D eigenvalue weighted by molar-refractivity contribution is 0.0690. The molecule has 0 fully saturated rings. The standard InChI is InChI=1S/C13H16N4O2/c1-2-3-4-7-17-9-10(8-15-17)12-14-6-5-11(16-12)13(18)19/h5-6,8-9H,2-4,7H2,1H3,(H,18,19). The van der Waals surface area contributed by atoms with E-state index >= 15 is 0 Å². The molecular formula is C13H16N4O2. The second kappa shape index (κ2) is 6.08. The fraction of sp³-hybridized carbons (Fsp3) is 0.385. The molecule has 100 valence electrons. The molecule has 0 saturated carbocycles. The summed E-state index contributed by atoms with van der Waals surface area (Å²) in [5.74, 6) is -0.666. The van der Waals surface area contributed by atoms with Crippen LogP contribution in [0, 0.1) is 0 Å². The molecule has 0 aromatic carbocycles. The maximum absolute atomic E-state index is 10.9. The summed E-state index contributed by atoms with van der Waals surface area (Å²) in [5, 5.41) is 13.1. The summed E-state index contributed by atoms with van der Waals surface area (Å²) in [7, 11) is 0. The number of carbonyl (C=O) groups is 1. The molecule has 0 amide bonds. The van der Waals surface area contributed by atoms with Crippen molar-refractivity contribution < 1.29 is 9.90 Å². The van der Waals surface area contributed by atoms with Gasteiger partial charge in [0.2, 0.25) is 0 Å². The molecule has 19 heavy (non-hydrogen) atoms. The fourth-order valence-electron chi connectivity index (χ4n) is 1.74. The van der Waals surface area contributed by atoms with Gasteiger partial charge in [0.15, 0.2) is 11.5 Å². The summed E-state index contributed by atoms with van der Waals surface area (Å²) in [6.45, 7) is 3.01. The van der Waals surface area contributed by atoms with Gasteiger partial charge in [0.05, 0.1) is 11.8 Å². The van der Waals surface area contributed by atoms with Crippen LogP contribution in [-0.2, 0) is 6.54 Å². The van der Waals surface area contributed by atoms with Crippen LogP contribution >= 0.6 is 0 Å². The van der Waals surface area contributed by atoms with Crippen LogP contribution in [0.5, 0.6) is 0 Å². The first-order chi connectivity index (χ1) is 9.20. The number of aromatic carboxylic acids is 1. The maximum Gasteiger partial charge on any atom is 0.354 e. The number of carboxylic acids is 1. The average molecular weight is 260 g/mol. The minimum Gasteiger partial charge on any atom is -0.477 e. The number of rotatable bonds is 6. The number of aromatic nitrogens is 4. The maximum atomic E-state index is 10.9. The molecule has 0 aliphatic rings. The molecule has 0 saturated heterocycles. The van der Waals surface area contributed by atoms with Gasteiger partial charge in [-0.05, 0) is 12.5 Å². The van der Waals surface area contributed by atoms with Gasteiger partial charge >= 0.3 is 5.97 Å². The molecule has 2 heterocycles. The minimum atomic E-state index is -1.06. The third kappa shape index (κ3) is 3.37. The summed E-state index contributed by atoms with van der Waals surface area (Å²) in [5.41, 5.74) is 0.725. The second-order valence-corrected chi connectivity index (χ2v) is 4.27. The van der Waals surface area contributed by atoms with Crippen LogP contribution in [0.15, 0.2) is 24.7 Å². The Bertz CT molecular complexity index is 565. The fourth-order valence-corrected chi connectivity index (χ4v) is 1.74. The molecule has 0 radical (unpaired) electrons. The third-order valence-electron chi connectivity index (χ3n) is 2.76. The zero-order chi connectivity index (χ0) is 13.7. The van der Waals surface area contributed by atoms with Crippen molar-refractivity contribution in [3.63, 3.8) is 0 Å². The zero-order valence-corrected chi connectivity index (χ0v) is 10.8. The number of nitrogens with zero attached hydrogens (tertiary/aromatic N) is 4. The number of unbranched alkanes of at least 4 members (excludes halogenated alkanes) is 2. The van der Waals surface area contributed by atoms with Crippen LogP contribution in [0.4, 0.5) is 0 Å². The normalized spacial score (nSPS) is 10.6. The average Bonchev–Trinajstić information content (AvgIpc) is 2.88. The molecule has 0 spiro atoms. The summed E-state index contributed by atoms with van der Waals surface area (Å²) in [6, 6.07) is 1.37. The Morgan fingerprint density at radius 2 is 2.26 bits per heavy atom. The number of hydrogen-bond acceptors (Lipinski definition) is 4. The summed E-state index contributed by atoms with van der Waals surface area (Å²) < 4.78 is 1.84. The number of aryl methyl sites for hydroxylation is 1. The van der Waals surface area contributed by atoms with Gasteiger partial charge in [-0.15, -0.1) is 0 Å². The summed E-state index contributed by atoms with van der Waals surface area (Å²) >= 11 is 0. The van der Waals surface area contributed by atoms with Crippen molar-refractivity contribution in [2.24, 2.45) is 0 Å². The van der Waals surface area contributed by atoms with Gasteiger partial charge in [0.25, 0.3) is 0 Å². The Labute approximate surface area is 111 Å². The third-order valence-corrected chi connectivity index (χ3v) is 2.76. The Hall–Kier alpha value is -2.24. The molecule has 0 aliphatic heterocycles. The number of hydrogen-bond donors (Lipinski definition) is 1. The lowest BCUT2D eigenvalue weighted by Gasteiger charge is -1.99. The highest BCUT2D eigenvalue weighted by Gasteiger charge is 2.09. The first kappa shape index (κ1) is 13.2. The van der Waals surface area contributed by atoms with Crippen molar-refractivity contribution in [3.8, 4) is 11.4 Å². The van der Waals surface area contributed by atoms with E-state index in [0.29, 0.717) is 5.82 Å². The van der Waals surface area contributed by atoms with E-state index in [-0.39, 0.29) is 5.69 Å². The molecule has 2 rings (SSSR count). The van der Waals surface area contributed by atoms with Crippen molar-refractivity contribution >= 4 is 5.97 Å². The zero-order valence-electron chi connectivity index (χ0n) is 10.8. The van der Waals surface area contributed by atoms with Gasteiger partial charge in [0.1, 0.15) is 0 Å². The Morgan fingerprint density at radius 3 is 3.00 bits per heavy atom. The van der Waals surface area contributed by atoms with E-state index in [4.69, 9.17) is 5.11 Å². The van der Waals surface area contributed by atoms with Gasteiger partial charge < -0.3 is 5.11 Å². The van der Waals surface area contributed by atoms with E-state index in [1.165, 1.54) is 18.7 Å². The summed E-state index contributed by atoms with van der Waals surface area (Å²) in [6.07, 6.45) is 8.36. The van der Waals surface area contributed by atoms with E-state index in [1.54, 1.807) is 6.20 Å². The molecule has 2 aromatic rings. The second-order valence-electron chi connectivity index (χ2n) is 4.27. The Kier molecular flexibility index (Phi) is 4.22. The lowest BCUT2D eigenvalue weighted by Crippen LogP contribution is -2.02. The molecule has 0 unspecified atom stereocenters. The quantitative estimate of drug-likeness (QED) is 0.805. The predicted molar refractivity (Wildman–Crippen MR) is 69.7 cm³/mol. The van der Waals surface area contributed by atoms with Gasteiger partial charge in [-0.25, -0.2) is 14.8 Å². The Balaban J connectivity index is 2.13. The van der Waals surface area contributed by atoms with Crippen molar-refractivity contribution in [1.82, 2.24) is 19.7 Å². The van der Waals surface area contributed by atoms with Gasteiger partial charge in [0, 0.05) is 18.9 Å². The van der Waals surface area contributed by atoms with Crippen molar-refractivity contribution in [3.05, 3.63) is 30.4 Å². The topological polar surface area (TPSA) is 80.9 Å². The first-order valence-electron chi connectivity index (χ1n) is 6.30. The molecule has 0 atom stereocenters. The first-order valence-corrected chi connectivity index (χ1v) is 6.30. The molecule has 0 aliphatic carbocycles. The molecule has 6 nitrogen and oxygen atoms in total. The Morgan fingerprint density at radius 1 is 1.42 bits per heavy atom. The van der Waals surface area contributed by atoms with Crippen molar-refractivity contribution in [2.75, 3.05) is 0 Å². The van der Waals surface area contributed by atoms with E-state index in [9.17, 15) is 4.79 Å². The van der Waals surface area contributed by atoms with Crippen LogP contribution in [-0.4, -0.2) is 30.8 Å². The van der Waals surface area contributed by atoms with E-state index in [1.807, 2.05) is 10.9 Å². The van der Waals surface area contributed by atoms with Crippen LogP contribution < -0.4 is 0 Å².